The van der Waals surface area contributed by atoms with Crippen molar-refractivity contribution in [1.82, 2.24) is 24.6 Å². The molecule has 0 amide bonds. The van der Waals surface area contributed by atoms with Crippen molar-refractivity contribution in [2.45, 2.75) is 63.9 Å². The van der Waals surface area contributed by atoms with Crippen LogP contribution in [0.5, 0.6) is 5.88 Å². The number of aliphatic hydroxyl groups excluding tert-OH is 1. The van der Waals surface area contributed by atoms with E-state index in [9.17, 15) is 19.6 Å². The van der Waals surface area contributed by atoms with E-state index >= 15 is 0 Å². The number of imidazole rings is 1. The Morgan fingerprint density at radius 2 is 2.12 bits per heavy atom. The van der Waals surface area contributed by atoms with Crippen molar-refractivity contribution in [3.05, 3.63) is 6.33 Å². The summed E-state index contributed by atoms with van der Waals surface area (Å²) in [6, 6.07) is -1.02. The number of anilines is 1. The van der Waals surface area contributed by atoms with E-state index in [1.165, 1.54) is 31.9 Å². The van der Waals surface area contributed by atoms with Gasteiger partial charge in [0.05, 0.1) is 26.1 Å². The number of nitrogen functional groups attached to an aromatic ring is 1. The summed E-state index contributed by atoms with van der Waals surface area (Å²) in [6.45, 7) is 1.60. The van der Waals surface area contributed by atoms with E-state index in [1.54, 1.807) is 13.8 Å². The summed E-state index contributed by atoms with van der Waals surface area (Å²) in [5.41, 5.74) is 4.36. The minimum absolute atomic E-state index is 0.0940. The molecule has 1 aliphatic rings. The fraction of sp³-hybridized carbons (Fsp3) is 0.667. The van der Waals surface area contributed by atoms with E-state index in [4.69, 9.17) is 35.7 Å². The van der Waals surface area contributed by atoms with Gasteiger partial charge in [0.25, 0.3) is 0 Å². The Bertz CT molecular complexity index is 1100. The van der Waals surface area contributed by atoms with E-state index in [0.717, 1.165) is 0 Å². The molecular formula is C18H28ClN6O8P. The lowest BCUT2D eigenvalue weighted by Gasteiger charge is -2.27. The number of carbonyl (C=O) groups excluding carboxylic acids is 1. The van der Waals surface area contributed by atoms with Crippen molar-refractivity contribution in [3.63, 3.8) is 0 Å². The number of halogens is 1. The zero-order valence-electron chi connectivity index (χ0n) is 19.2. The minimum atomic E-state index is -4.03. The Hall–Kier alpha value is -2.06. The number of esters is 1. The van der Waals surface area contributed by atoms with Gasteiger partial charge in [-0.2, -0.15) is 9.97 Å². The van der Waals surface area contributed by atoms with Gasteiger partial charge < -0.3 is 34.7 Å². The number of nitrogens with two attached hydrogens (primary N) is 1. The summed E-state index contributed by atoms with van der Waals surface area (Å²) < 4.78 is 35.2. The van der Waals surface area contributed by atoms with Crippen LogP contribution < -0.4 is 15.6 Å². The van der Waals surface area contributed by atoms with Crippen LogP contribution in [0, 0.1) is 0 Å². The summed E-state index contributed by atoms with van der Waals surface area (Å²) in [5.74, 6) is -0.634. The van der Waals surface area contributed by atoms with Gasteiger partial charge >= 0.3 is 12.8 Å². The molecule has 14 nitrogen and oxygen atoms in total. The van der Waals surface area contributed by atoms with Gasteiger partial charge in [-0.05, 0) is 38.9 Å². The van der Waals surface area contributed by atoms with E-state index < -0.39 is 49.5 Å². The number of fused-ring (bicyclic) bond motifs is 1. The molecular weight excluding hydrogens is 495 g/mol. The maximum Gasteiger partial charge on any atom is 0.361 e. The standard InChI is InChI=1S/C18H28ClN6O8P/c1-8(2)32-15(27)9(3)24-34(19,29)31-6-10-12(26)18(4,28)16(33-10)25-7-21-11-13(25)22-17(20)23-14(11)30-5/h7-10,12,16,26,28H,6H2,1-5H3,(H,24,29)(H2,20,22,23). The third-order valence-electron chi connectivity index (χ3n) is 5.07. The van der Waals surface area contributed by atoms with Crippen molar-refractivity contribution in [2.24, 2.45) is 0 Å². The third kappa shape index (κ3) is 5.43. The zero-order valence-corrected chi connectivity index (χ0v) is 20.9. The average Bonchev–Trinajstić information content (AvgIpc) is 3.23. The number of nitrogens with zero attached hydrogens (tertiary/aromatic N) is 4. The summed E-state index contributed by atoms with van der Waals surface area (Å²) >= 11 is 5.93. The summed E-state index contributed by atoms with van der Waals surface area (Å²) in [5, 5.41) is 24.0. The van der Waals surface area contributed by atoms with E-state index in [-0.39, 0.29) is 29.1 Å². The highest BCUT2D eigenvalue weighted by atomic mass is 35.7. The molecule has 1 fully saturated rings. The van der Waals surface area contributed by atoms with Crippen LogP contribution in [-0.4, -0.2) is 79.4 Å². The highest BCUT2D eigenvalue weighted by Crippen LogP contribution is 2.50. The highest BCUT2D eigenvalue weighted by molar-refractivity contribution is 7.83. The normalized spacial score (nSPS) is 27.6. The summed E-state index contributed by atoms with van der Waals surface area (Å²) in [4.78, 5) is 24.2. The molecule has 3 rings (SSSR count). The Balaban J connectivity index is 1.74. The second-order valence-corrected chi connectivity index (χ2v) is 11.0. The van der Waals surface area contributed by atoms with Crippen LogP contribution in [0.1, 0.15) is 33.9 Å². The van der Waals surface area contributed by atoms with Crippen LogP contribution >= 0.6 is 18.1 Å². The van der Waals surface area contributed by atoms with Crippen LogP contribution in [0.2, 0.25) is 0 Å². The number of nitrogens with one attached hydrogen (secondary N) is 1. The molecule has 0 aromatic carbocycles. The van der Waals surface area contributed by atoms with Gasteiger partial charge in [0.2, 0.25) is 11.8 Å². The smallest absolute Gasteiger partial charge is 0.361 e. The van der Waals surface area contributed by atoms with Gasteiger partial charge in [0.15, 0.2) is 17.4 Å². The molecule has 16 heteroatoms. The van der Waals surface area contributed by atoms with Crippen LogP contribution in [0.15, 0.2) is 6.33 Å². The lowest BCUT2D eigenvalue weighted by atomic mass is 9.96. The molecule has 190 valence electrons. The van der Waals surface area contributed by atoms with Crippen LogP contribution in [0.4, 0.5) is 5.95 Å². The van der Waals surface area contributed by atoms with Crippen LogP contribution in [0.25, 0.3) is 11.2 Å². The molecule has 0 radical (unpaired) electrons. The summed E-state index contributed by atoms with van der Waals surface area (Å²) in [7, 11) is 1.39. The van der Waals surface area contributed by atoms with E-state index in [1.807, 2.05) is 0 Å². The number of aromatic nitrogens is 4. The van der Waals surface area contributed by atoms with Gasteiger partial charge in [-0.25, -0.2) is 10.1 Å². The predicted octanol–water partition coefficient (Wildman–Crippen LogP) is 0.720. The van der Waals surface area contributed by atoms with Crippen molar-refractivity contribution < 1.29 is 38.3 Å². The van der Waals surface area contributed by atoms with Gasteiger partial charge in [-0.1, -0.05) is 0 Å². The second kappa shape index (κ2) is 9.90. The second-order valence-electron chi connectivity index (χ2n) is 8.22. The number of aliphatic hydroxyl groups is 2. The SMILES string of the molecule is COc1nc(N)nc2c1ncn2C1OC(COP(=O)(Cl)NC(C)C(=O)OC(C)C)C(O)C1(C)O. The van der Waals surface area contributed by atoms with Crippen molar-refractivity contribution in [2.75, 3.05) is 19.5 Å². The Labute approximate surface area is 200 Å². The van der Waals surface area contributed by atoms with Gasteiger partial charge in [-0.15, -0.1) is 0 Å². The first-order valence-electron chi connectivity index (χ1n) is 10.3. The molecule has 1 aliphatic heterocycles. The molecule has 0 bridgehead atoms. The largest absolute Gasteiger partial charge is 0.479 e. The highest BCUT2D eigenvalue weighted by Gasteiger charge is 2.54. The molecule has 2 aromatic rings. The Morgan fingerprint density at radius 3 is 2.74 bits per heavy atom. The van der Waals surface area contributed by atoms with Crippen molar-refractivity contribution in [1.29, 1.82) is 0 Å². The summed E-state index contributed by atoms with van der Waals surface area (Å²) in [6.07, 6.45) is -2.84. The Morgan fingerprint density at radius 1 is 1.44 bits per heavy atom. The molecule has 34 heavy (non-hydrogen) atoms. The zero-order chi connectivity index (χ0) is 25.4. The molecule has 6 atom stereocenters. The average molecular weight is 523 g/mol. The van der Waals surface area contributed by atoms with Gasteiger partial charge in [0, 0.05) is 0 Å². The quantitative estimate of drug-likeness (QED) is 0.266. The van der Waals surface area contributed by atoms with Gasteiger partial charge in [-0.3, -0.25) is 13.9 Å². The fourth-order valence-electron chi connectivity index (χ4n) is 3.42. The number of hydrogen-bond acceptors (Lipinski definition) is 12. The number of methoxy groups -OCH3 is 1. The number of carbonyl (C=O) groups is 1. The number of hydrogen-bond donors (Lipinski definition) is 4. The van der Waals surface area contributed by atoms with E-state index in [0.29, 0.717) is 0 Å². The lowest BCUT2D eigenvalue weighted by Crippen LogP contribution is -2.44. The molecule has 2 aromatic heterocycles. The topological polar surface area (TPSA) is 193 Å². The van der Waals surface area contributed by atoms with Gasteiger partial charge in [0.1, 0.15) is 23.9 Å². The number of ether oxygens (including phenoxy) is 3. The molecule has 1 saturated heterocycles. The first kappa shape index (κ1) is 26.5. The fourth-order valence-corrected chi connectivity index (χ4v) is 5.01. The van der Waals surface area contributed by atoms with Crippen LogP contribution in [0.3, 0.4) is 0 Å². The van der Waals surface area contributed by atoms with Crippen LogP contribution in [-0.2, 0) is 23.4 Å². The molecule has 0 spiro atoms. The van der Waals surface area contributed by atoms with E-state index in [2.05, 4.69) is 20.0 Å². The first-order valence-corrected chi connectivity index (χ1v) is 12.8. The third-order valence-corrected chi connectivity index (χ3v) is 6.83. The predicted molar refractivity (Wildman–Crippen MR) is 120 cm³/mol. The molecule has 6 unspecified atom stereocenters. The first-order chi connectivity index (χ1) is 15.8. The molecule has 3 heterocycles. The molecule has 0 saturated carbocycles. The minimum Gasteiger partial charge on any atom is -0.479 e. The van der Waals surface area contributed by atoms with Crippen molar-refractivity contribution >= 4 is 41.2 Å². The van der Waals surface area contributed by atoms with Crippen molar-refractivity contribution in [3.8, 4) is 5.88 Å². The lowest BCUT2D eigenvalue weighted by molar-refractivity contribution is -0.149. The Kier molecular flexibility index (Phi) is 7.73. The molecule has 0 aliphatic carbocycles. The molecule has 5 N–H and O–H groups in total. The number of rotatable bonds is 9. The maximum absolute atomic E-state index is 12.6. The maximum atomic E-state index is 12.6. The monoisotopic (exact) mass is 522 g/mol.